The van der Waals surface area contributed by atoms with Crippen molar-refractivity contribution >= 4 is 44.4 Å². The molecule has 2 heterocycles. The maximum Gasteiger partial charge on any atom is 0.169 e. The molecule has 1 unspecified atom stereocenters. The van der Waals surface area contributed by atoms with Crippen molar-refractivity contribution in [2.75, 3.05) is 0 Å². The van der Waals surface area contributed by atoms with Gasteiger partial charge in [-0.25, -0.2) is 9.98 Å². The number of furan rings is 1. The fourth-order valence-corrected chi connectivity index (χ4v) is 9.77. The number of benzene rings is 9. The van der Waals surface area contributed by atoms with Crippen LogP contribution in [0, 0.1) is 0 Å². The highest BCUT2D eigenvalue weighted by Gasteiger charge is 2.46. The SMILES string of the molecule is c1ccc(C2=NC(c3cccc(C4(c5ccccc5)c5ccccc5-c5ccccc54)c3)N=C(c3cccc4oc5ccc6ccc(-c7ccccc7)cc6c5c34)N2)cc1. The number of hydrogen-bond donors (Lipinski definition) is 1. The summed E-state index contributed by atoms with van der Waals surface area (Å²) in [7, 11) is 0. The second-order valence-corrected chi connectivity index (χ2v) is 15.7. The summed E-state index contributed by atoms with van der Waals surface area (Å²) >= 11 is 0. The summed E-state index contributed by atoms with van der Waals surface area (Å²) in [4.78, 5) is 10.9. The molecule has 0 saturated heterocycles. The molecule has 0 fully saturated rings. The van der Waals surface area contributed by atoms with E-state index in [-0.39, 0.29) is 0 Å². The van der Waals surface area contributed by atoms with Crippen LogP contribution in [0.25, 0.3) is 55.0 Å². The maximum absolute atomic E-state index is 6.63. The lowest BCUT2D eigenvalue weighted by Gasteiger charge is -2.34. The minimum Gasteiger partial charge on any atom is -0.456 e. The first-order valence-corrected chi connectivity index (χ1v) is 20.5. The van der Waals surface area contributed by atoms with Crippen LogP contribution in [0.5, 0.6) is 0 Å². The van der Waals surface area contributed by atoms with Crippen molar-refractivity contribution in [2.24, 2.45) is 9.98 Å². The molecule has 4 heteroatoms. The number of fused-ring (bicyclic) bond motifs is 8. The van der Waals surface area contributed by atoms with Gasteiger partial charge in [-0.05, 0) is 79.0 Å². The number of aliphatic imine (C=N–C) groups is 2. The Morgan fingerprint density at radius 2 is 1.00 bits per heavy atom. The van der Waals surface area contributed by atoms with Crippen molar-refractivity contribution in [1.82, 2.24) is 5.32 Å². The van der Waals surface area contributed by atoms with Crippen LogP contribution in [0.2, 0.25) is 0 Å². The van der Waals surface area contributed by atoms with Gasteiger partial charge in [-0.1, -0.05) is 194 Å². The predicted octanol–water partition coefficient (Wildman–Crippen LogP) is 13.3. The number of hydrogen-bond acceptors (Lipinski definition) is 4. The summed E-state index contributed by atoms with van der Waals surface area (Å²) < 4.78 is 6.63. The van der Waals surface area contributed by atoms with Crippen LogP contribution < -0.4 is 5.32 Å². The van der Waals surface area contributed by atoms with Gasteiger partial charge in [0.25, 0.3) is 0 Å². The fraction of sp³-hybridized carbons (Fsp3) is 0.0357. The second kappa shape index (κ2) is 13.6. The summed E-state index contributed by atoms with van der Waals surface area (Å²) in [6.07, 6.45) is -0.522. The third-order valence-corrected chi connectivity index (χ3v) is 12.4. The molecule has 1 aliphatic carbocycles. The topological polar surface area (TPSA) is 49.9 Å². The zero-order chi connectivity index (χ0) is 39.6. The van der Waals surface area contributed by atoms with Crippen molar-refractivity contribution in [2.45, 2.75) is 11.6 Å². The van der Waals surface area contributed by atoms with Crippen molar-refractivity contribution in [3.8, 4) is 22.3 Å². The van der Waals surface area contributed by atoms with Gasteiger partial charge in [-0.3, -0.25) is 0 Å². The maximum atomic E-state index is 6.63. The Hall–Kier alpha value is -7.82. The third kappa shape index (κ3) is 5.24. The van der Waals surface area contributed by atoms with Gasteiger partial charge in [0, 0.05) is 21.9 Å². The Kier molecular flexibility index (Phi) is 7.79. The van der Waals surface area contributed by atoms with E-state index in [1.165, 1.54) is 38.9 Å². The number of amidine groups is 2. The van der Waals surface area contributed by atoms with Gasteiger partial charge >= 0.3 is 0 Å². The molecule has 0 radical (unpaired) electrons. The molecule has 10 aromatic rings. The smallest absolute Gasteiger partial charge is 0.169 e. The highest BCUT2D eigenvalue weighted by Crippen LogP contribution is 2.56. The molecule has 1 aromatic heterocycles. The van der Waals surface area contributed by atoms with E-state index in [9.17, 15) is 0 Å². The number of rotatable bonds is 6. The average Bonchev–Trinajstić information content (AvgIpc) is 3.87. The Labute approximate surface area is 347 Å². The minimum absolute atomic E-state index is 0.522. The number of nitrogens with one attached hydrogen (secondary N) is 1. The molecular formula is C56H37N3O. The van der Waals surface area contributed by atoms with Crippen LogP contribution in [-0.4, -0.2) is 11.7 Å². The van der Waals surface area contributed by atoms with E-state index in [0.29, 0.717) is 0 Å². The first-order chi connectivity index (χ1) is 29.7. The summed E-state index contributed by atoms with van der Waals surface area (Å²) in [5.41, 5.74) is 13.9. The molecule has 1 N–H and O–H groups in total. The van der Waals surface area contributed by atoms with Crippen molar-refractivity contribution in [1.29, 1.82) is 0 Å². The first kappa shape index (κ1) is 34.2. The van der Waals surface area contributed by atoms with Gasteiger partial charge in [0.2, 0.25) is 0 Å². The molecule has 60 heavy (non-hydrogen) atoms. The van der Waals surface area contributed by atoms with Crippen molar-refractivity contribution in [3.63, 3.8) is 0 Å². The van der Waals surface area contributed by atoms with E-state index in [2.05, 4.69) is 212 Å². The van der Waals surface area contributed by atoms with Gasteiger partial charge < -0.3 is 9.73 Å². The fourth-order valence-electron chi connectivity index (χ4n) is 9.77. The van der Waals surface area contributed by atoms with E-state index >= 15 is 0 Å². The summed E-state index contributed by atoms with van der Waals surface area (Å²) in [5.74, 6) is 1.52. The van der Waals surface area contributed by atoms with Crippen LogP contribution >= 0.6 is 0 Å². The summed E-state index contributed by atoms with van der Waals surface area (Å²) in [5, 5.41) is 8.10. The van der Waals surface area contributed by atoms with Crippen LogP contribution in [0.4, 0.5) is 0 Å². The molecule has 0 saturated carbocycles. The monoisotopic (exact) mass is 767 g/mol. The zero-order valence-electron chi connectivity index (χ0n) is 32.6. The normalized spacial score (nSPS) is 15.3. The third-order valence-electron chi connectivity index (χ3n) is 12.4. The van der Waals surface area contributed by atoms with Crippen molar-refractivity contribution in [3.05, 3.63) is 251 Å². The lowest BCUT2D eigenvalue weighted by molar-refractivity contribution is 0.669. The lowest BCUT2D eigenvalue weighted by atomic mass is 9.67. The molecule has 0 amide bonds. The van der Waals surface area contributed by atoms with Gasteiger partial charge in [-0.15, -0.1) is 0 Å². The Morgan fingerprint density at radius 3 is 1.75 bits per heavy atom. The molecule has 282 valence electrons. The minimum atomic E-state index is -0.531. The van der Waals surface area contributed by atoms with Crippen LogP contribution in [0.3, 0.4) is 0 Å². The van der Waals surface area contributed by atoms with Gasteiger partial charge in [0.05, 0.1) is 5.41 Å². The molecule has 0 spiro atoms. The molecule has 9 aromatic carbocycles. The van der Waals surface area contributed by atoms with Crippen LogP contribution in [0.1, 0.15) is 45.1 Å². The van der Waals surface area contributed by atoms with E-state index in [0.717, 1.165) is 66.6 Å². The Balaban J connectivity index is 1.07. The second-order valence-electron chi connectivity index (χ2n) is 15.7. The number of nitrogens with zero attached hydrogens (tertiary/aromatic N) is 2. The van der Waals surface area contributed by atoms with E-state index in [4.69, 9.17) is 14.4 Å². The Morgan fingerprint density at radius 1 is 0.417 bits per heavy atom. The molecule has 2 aliphatic rings. The van der Waals surface area contributed by atoms with E-state index in [1.54, 1.807) is 0 Å². The van der Waals surface area contributed by atoms with Crippen LogP contribution in [0.15, 0.2) is 227 Å². The zero-order valence-corrected chi connectivity index (χ0v) is 32.6. The molecular weight excluding hydrogens is 731 g/mol. The molecule has 1 aliphatic heterocycles. The van der Waals surface area contributed by atoms with E-state index in [1.807, 2.05) is 6.07 Å². The van der Waals surface area contributed by atoms with E-state index < -0.39 is 11.6 Å². The Bertz CT molecular complexity index is 3300. The average molecular weight is 768 g/mol. The van der Waals surface area contributed by atoms with Crippen molar-refractivity contribution < 1.29 is 4.42 Å². The van der Waals surface area contributed by atoms with Crippen LogP contribution in [-0.2, 0) is 5.41 Å². The molecule has 4 nitrogen and oxygen atoms in total. The summed E-state index contributed by atoms with van der Waals surface area (Å²) in [6, 6.07) is 75.7. The molecule has 0 bridgehead atoms. The highest BCUT2D eigenvalue weighted by molar-refractivity contribution is 6.27. The lowest BCUT2D eigenvalue weighted by Crippen LogP contribution is -2.36. The quantitative estimate of drug-likeness (QED) is 0.183. The van der Waals surface area contributed by atoms with Gasteiger partial charge in [0.15, 0.2) is 6.17 Å². The van der Waals surface area contributed by atoms with Gasteiger partial charge in [0.1, 0.15) is 22.8 Å². The predicted molar refractivity (Wildman–Crippen MR) is 246 cm³/mol. The first-order valence-electron chi connectivity index (χ1n) is 20.5. The standard InChI is InChI=1S/C56H37N3O/c1-4-16-36(17-5-1)39-31-30-37-32-33-50-52(46(37)35-39)51-45(26-15-29-49(51)60-50)55-58-53(38-18-6-2-7-19-38)57-54(59-55)40-20-14-23-42(34-40)56(41-21-8-3-9-22-41)47-27-12-10-24-43(47)44-25-11-13-28-48(44)56/h1-35,54H,(H,57,58,59). The van der Waals surface area contributed by atoms with Gasteiger partial charge in [-0.2, -0.15) is 0 Å². The highest BCUT2D eigenvalue weighted by atomic mass is 16.3. The molecule has 1 atom stereocenters. The largest absolute Gasteiger partial charge is 0.456 e. The summed E-state index contributed by atoms with van der Waals surface area (Å²) in [6.45, 7) is 0. The molecule has 12 rings (SSSR count).